The lowest BCUT2D eigenvalue weighted by molar-refractivity contribution is 0.0924. The Labute approximate surface area is 167 Å². The monoisotopic (exact) mass is 398 g/mol. The van der Waals surface area contributed by atoms with Gasteiger partial charge >= 0.3 is 0 Å². The first-order valence-corrected chi connectivity index (χ1v) is 9.53. The van der Waals surface area contributed by atoms with Gasteiger partial charge in [0.2, 0.25) is 0 Å². The highest BCUT2D eigenvalue weighted by Gasteiger charge is 2.55. The molecule has 1 N–H and O–H groups in total. The van der Waals surface area contributed by atoms with Gasteiger partial charge in [-0.2, -0.15) is 5.26 Å². The number of hydrogen-bond acceptors (Lipinski definition) is 5. The minimum atomic E-state index is -0.500. The number of rotatable bonds is 6. The van der Waals surface area contributed by atoms with Gasteiger partial charge in [0.1, 0.15) is 5.76 Å². The van der Waals surface area contributed by atoms with Crippen LogP contribution in [0.25, 0.3) is 0 Å². The van der Waals surface area contributed by atoms with Crippen molar-refractivity contribution in [3.63, 3.8) is 0 Å². The summed E-state index contributed by atoms with van der Waals surface area (Å²) >= 11 is 6.11. The summed E-state index contributed by atoms with van der Waals surface area (Å²) in [5.74, 6) is 0.0517. The predicted molar refractivity (Wildman–Crippen MR) is 101 cm³/mol. The topological polar surface area (TPSA) is 92.3 Å². The van der Waals surface area contributed by atoms with Crippen LogP contribution in [0, 0.1) is 23.2 Å². The van der Waals surface area contributed by atoms with E-state index < -0.39 is 5.92 Å². The van der Waals surface area contributed by atoms with Crippen molar-refractivity contribution in [3.05, 3.63) is 58.0 Å². The van der Waals surface area contributed by atoms with E-state index in [1.54, 1.807) is 18.2 Å². The van der Waals surface area contributed by atoms with Crippen molar-refractivity contribution in [2.24, 2.45) is 11.8 Å². The average molecular weight is 399 g/mol. The van der Waals surface area contributed by atoms with E-state index in [0.29, 0.717) is 35.8 Å². The Morgan fingerprint density at radius 2 is 2.07 bits per heavy atom. The molecule has 0 bridgehead atoms. The van der Waals surface area contributed by atoms with Crippen LogP contribution in [0.1, 0.15) is 51.5 Å². The number of hydrogen-bond donors (Lipinski definition) is 1. The van der Waals surface area contributed by atoms with Gasteiger partial charge in [-0.05, 0) is 17.7 Å². The molecule has 2 aliphatic rings. The Hall–Kier alpha value is -2.62. The van der Waals surface area contributed by atoms with Crippen LogP contribution in [0.2, 0.25) is 5.02 Å². The fraction of sp³-hybridized carbons (Fsp3) is 0.381. The summed E-state index contributed by atoms with van der Waals surface area (Å²) in [6.45, 7) is 2.70. The van der Waals surface area contributed by atoms with E-state index >= 15 is 0 Å². The summed E-state index contributed by atoms with van der Waals surface area (Å²) in [4.78, 5) is 24.8. The lowest BCUT2D eigenvalue weighted by Crippen LogP contribution is -2.30. The number of ether oxygens (including phenoxy) is 1. The zero-order chi connectivity index (χ0) is 19.8. The zero-order valence-electron chi connectivity index (χ0n) is 15.3. The Morgan fingerprint density at radius 3 is 2.71 bits per heavy atom. The fourth-order valence-electron chi connectivity index (χ4n) is 3.87. The number of nitriles is 1. The highest BCUT2D eigenvalue weighted by molar-refractivity contribution is 6.30. The Bertz CT molecular complexity index is 967. The van der Waals surface area contributed by atoms with Gasteiger partial charge in [0, 0.05) is 42.3 Å². The SMILES string of the molecule is CC(=O)c1cc(C(=O)NC2C3COCC32)c(C(CC#N)c2cccc(Cl)c2)o1. The van der Waals surface area contributed by atoms with Gasteiger partial charge in [0.05, 0.1) is 30.8 Å². The minimum Gasteiger partial charge on any atom is -0.456 e. The molecule has 1 aliphatic heterocycles. The van der Waals surface area contributed by atoms with E-state index in [2.05, 4.69) is 11.4 Å². The molecule has 3 atom stereocenters. The van der Waals surface area contributed by atoms with Crippen molar-refractivity contribution in [1.82, 2.24) is 5.32 Å². The molecule has 1 aliphatic carbocycles. The quantitative estimate of drug-likeness (QED) is 0.751. The molecule has 1 aromatic carbocycles. The third-order valence-electron chi connectivity index (χ3n) is 5.47. The minimum absolute atomic E-state index is 0.0883. The summed E-state index contributed by atoms with van der Waals surface area (Å²) < 4.78 is 11.1. The summed E-state index contributed by atoms with van der Waals surface area (Å²) in [6, 6.07) is 10.8. The zero-order valence-corrected chi connectivity index (χ0v) is 16.0. The number of carbonyl (C=O) groups is 2. The molecule has 4 rings (SSSR count). The van der Waals surface area contributed by atoms with E-state index in [1.807, 2.05) is 6.07 Å². The summed E-state index contributed by atoms with van der Waals surface area (Å²) in [5, 5.41) is 12.9. The number of carbonyl (C=O) groups excluding carboxylic acids is 2. The van der Waals surface area contributed by atoms with Crippen molar-refractivity contribution in [2.45, 2.75) is 25.3 Å². The molecular formula is C21H19ClN2O4. The van der Waals surface area contributed by atoms with E-state index in [0.717, 1.165) is 5.56 Å². The first kappa shape index (κ1) is 18.7. The standard InChI is InChI=1S/C21H19ClN2O4/c1-11(25)18-8-15(21(26)24-19-16-9-27-10-17(16)19)20(28-18)14(5-6-23)12-3-2-4-13(22)7-12/h2-4,7-8,14,16-17,19H,5,9-10H2,1H3,(H,24,26). The largest absolute Gasteiger partial charge is 0.456 e. The molecule has 144 valence electrons. The van der Waals surface area contributed by atoms with Crippen LogP contribution >= 0.6 is 11.6 Å². The maximum absolute atomic E-state index is 13.0. The van der Waals surface area contributed by atoms with Crippen LogP contribution < -0.4 is 5.32 Å². The predicted octanol–water partition coefficient (Wildman–Crippen LogP) is 3.56. The number of furan rings is 1. The van der Waals surface area contributed by atoms with Gasteiger partial charge in [0.15, 0.2) is 11.5 Å². The fourth-order valence-corrected chi connectivity index (χ4v) is 4.07. The number of fused-ring (bicyclic) bond motifs is 1. The first-order chi connectivity index (χ1) is 13.5. The molecule has 28 heavy (non-hydrogen) atoms. The van der Waals surface area contributed by atoms with Crippen molar-refractivity contribution in [2.75, 3.05) is 13.2 Å². The lowest BCUT2D eigenvalue weighted by atomic mass is 9.91. The van der Waals surface area contributed by atoms with Crippen LogP contribution in [-0.4, -0.2) is 30.9 Å². The smallest absolute Gasteiger partial charge is 0.255 e. The van der Waals surface area contributed by atoms with Crippen LogP contribution in [0.15, 0.2) is 34.7 Å². The highest BCUT2D eigenvalue weighted by atomic mass is 35.5. The molecule has 6 nitrogen and oxygen atoms in total. The number of benzene rings is 1. The molecule has 0 radical (unpaired) electrons. The Morgan fingerprint density at radius 1 is 1.32 bits per heavy atom. The van der Waals surface area contributed by atoms with Crippen LogP contribution in [0.4, 0.5) is 0 Å². The summed E-state index contributed by atoms with van der Waals surface area (Å²) in [6.07, 6.45) is 0.0913. The van der Waals surface area contributed by atoms with Gasteiger partial charge in [-0.1, -0.05) is 23.7 Å². The second-order valence-electron chi connectivity index (χ2n) is 7.28. The van der Waals surface area contributed by atoms with Crippen molar-refractivity contribution >= 4 is 23.3 Å². The van der Waals surface area contributed by atoms with E-state index in [4.69, 9.17) is 20.8 Å². The molecule has 1 saturated heterocycles. The summed E-state index contributed by atoms with van der Waals surface area (Å²) in [7, 11) is 0. The van der Waals surface area contributed by atoms with Crippen molar-refractivity contribution in [1.29, 1.82) is 5.26 Å². The normalized spacial score (nSPS) is 23.5. The van der Waals surface area contributed by atoms with Gasteiger partial charge in [-0.3, -0.25) is 9.59 Å². The van der Waals surface area contributed by atoms with Gasteiger partial charge < -0.3 is 14.5 Å². The Kier molecular flexibility index (Phi) is 4.96. The van der Waals surface area contributed by atoms with Crippen molar-refractivity contribution in [3.8, 4) is 6.07 Å². The lowest BCUT2D eigenvalue weighted by Gasteiger charge is -2.15. The highest BCUT2D eigenvalue weighted by Crippen LogP contribution is 2.44. The number of nitrogens with zero attached hydrogens (tertiary/aromatic N) is 1. The maximum atomic E-state index is 13.0. The number of halogens is 1. The number of nitrogens with one attached hydrogen (secondary N) is 1. The second kappa shape index (κ2) is 7.42. The molecule has 0 spiro atoms. The van der Waals surface area contributed by atoms with Gasteiger partial charge in [-0.25, -0.2) is 0 Å². The molecule has 1 amide bonds. The van der Waals surface area contributed by atoms with E-state index in [-0.39, 0.29) is 35.5 Å². The molecular weight excluding hydrogens is 380 g/mol. The van der Waals surface area contributed by atoms with Gasteiger partial charge in [0.25, 0.3) is 5.91 Å². The van der Waals surface area contributed by atoms with Crippen LogP contribution in [0.3, 0.4) is 0 Å². The molecule has 2 fully saturated rings. The van der Waals surface area contributed by atoms with Crippen LogP contribution in [-0.2, 0) is 4.74 Å². The third-order valence-corrected chi connectivity index (χ3v) is 5.70. The first-order valence-electron chi connectivity index (χ1n) is 9.15. The number of Topliss-reactive ketones (excluding diaryl/α,β-unsaturated/α-hetero) is 1. The van der Waals surface area contributed by atoms with Crippen LogP contribution in [0.5, 0.6) is 0 Å². The molecule has 2 aromatic rings. The van der Waals surface area contributed by atoms with E-state index in [9.17, 15) is 14.9 Å². The molecule has 2 heterocycles. The summed E-state index contributed by atoms with van der Waals surface area (Å²) in [5.41, 5.74) is 1.04. The third kappa shape index (κ3) is 3.44. The number of amides is 1. The second-order valence-corrected chi connectivity index (χ2v) is 7.72. The molecule has 1 aromatic heterocycles. The van der Waals surface area contributed by atoms with Gasteiger partial charge in [-0.15, -0.1) is 0 Å². The Balaban J connectivity index is 1.68. The molecule has 7 heteroatoms. The van der Waals surface area contributed by atoms with Crippen molar-refractivity contribution < 1.29 is 18.7 Å². The maximum Gasteiger partial charge on any atom is 0.255 e. The average Bonchev–Trinajstić information content (AvgIpc) is 3.07. The molecule has 3 unspecified atom stereocenters. The number of ketones is 1. The van der Waals surface area contributed by atoms with E-state index in [1.165, 1.54) is 13.0 Å². The molecule has 1 saturated carbocycles.